The highest BCUT2D eigenvalue weighted by Gasteiger charge is 2.16. The summed E-state index contributed by atoms with van der Waals surface area (Å²) < 4.78 is 22.8. The van der Waals surface area contributed by atoms with Gasteiger partial charge in [-0.3, -0.25) is 4.79 Å². The predicted octanol–water partition coefficient (Wildman–Crippen LogP) is 1.58. The van der Waals surface area contributed by atoms with Gasteiger partial charge in [-0.15, -0.1) is 0 Å². The molecule has 1 atom stereocenters. The van der Waals surface area contributed by atoms with Crippen LogP contribution in [-0.2, 0) is 9.53 Å². The van der Waals surface area contributed by atoms with Gasteiger partial charge in [0, 0.05) is 5.56 Å². The van der Waals surface area contributed by atoms with Crippen molar-refractivity contribution in [1.29, 1.82) is 0 Å². The average Bonchev–Trinajstić information content (AvgIpc) is 2.30. The molecule has 0 aliphatic heterocycles. The fraction of sp³-hybridized carbons (Fsp3) is 0.273. The Balaban J connectivity index is 2.82. The van der Waals surface area contributed by atoms with Crippen molar-refractivity contribution in [3.05, 3.63) is 29.6 Å². The number of ether oxygens (including phenoxy) is 2. The molecule has 0 aliphatic carbocycles. The molecule has 5 heteroatoms. The third kappa shape index (κ3) is 2.79. The lowest BCUT2D eigenvalue weighted by molar-refractivity contribution is -0.148. The van der Waals surface area contributed by atoms with E-state index < -0.39 is 17.9 Å². The van der Waals surface area contributed by atoms with E-state index in [1.165, 1.54) is 26.2 Å². The second-order valence-corrected chi connectivity index (χ2v) is 3.09. The summed E-state index contributed by atoms with van der Waals surface area (Å²) in [5.74, 6) is -1.39. The number of halogens is 1. The highest BCUT2D eigenvalue weighted by molar-refractivity contribution is 5.75. The van der Waals surface area contributed by atoms with E-state index in [2.05, 4.69) is 4.74 Å². The van der Waals surface area contributed by atoms with E-state index in [9.17, 15) is 14.0 Å². The molecule has 86 valence electrons. The molecule has 0 unspecified atom stereocenters. The zero-order valence-corrected chi connectivity index (χ0v) is 8.90. The molecule has 0 radical (unpaired) electrons. The maximum absolute atomic E-state index is 13.3. The number of aldehydes is 1. The SMILES string of the molecule is COC(=O)[C@@H](C)Oc1ccc(C=O)cc1F. The van der Waals surface area contributed by atoms with Crippen LogP contribution in [0.3, 0.4) is 0 Å². The molecule has 0 saturated heterocycles. The smallest absolute Gasteiger partial charge is 0.346 e. The number of rotatable bonds is 4. The van der Waals surface area contributed by atoms with Crippen molar-refractivity contribution in [2.45, 2.75) is 13.0 Å². The first-order chi connectivity index (χ1) is 7.58. The highest BCUT2D eigenvalue weighted by atomic mass is 19.1. The van der Waals surface area contributed by atoms with Crippen LogP contribution in [0.2, 0.25) is 0 Å². The molecule has 0 fully saturated rings. The molecule has 0 N–H and O–H groups in total. The Morgan fingerprint density at radius 2 is 2.19 bits per heavy atom. The molecule has 16 heavy (non-hydrogen) atoms. The van der Waals surface area contributed by atoms with Crippen LogP contribution in [0.25, 0.3) is 0 Å². The van der Waals surface area contributed by atoms with Gasteiger partial charge in [0.05, 0.1) is 7.11 Å². The van der Waals surface area contributed by atoms with Crippen molar-refractivity contribution in [3.8, 4) is 5.75 Å². The summed E-state index contributed by atoms with van der Waals surface area (Å²) in [6, 6.07) is 3.72. The van der Waals surface area contributed by atoms with Gasteiger partial charge in [0.15, 0.2) is 17.7 Å². The van der Waals surface area contributed by atoms with Crippen molar-refractivity contribution in [3.63, 3.8) is 0 Å². The first-order valence-corrected chi connectivity index (χ1v) is 4.57. The Bertz CT molecular complexity index is 403. The van der Waals surface area contributed by atoms with Crippen molar-refractivity contribution < 1.29 is 23.5 Å². The standard InChI is InChI=1S/C11H11FO4/c1-7(11(14)15-2)16-10-4-3-8(6-13)5-9(10)12/h3-7H,1-2H3/t7-/m1/s1. The Hall–Kier alpha value is -1.91. The van der Waals surface area contributed by atoms with Gasteiger partial charge < -0.3 is 9.47 Å². The minimum atomic E-state index is -0.901. The van der Waals surface area contributed by atoms with Crippen LogP contribution < -0.4 is 4.74 Å². The molecule has 1 rings (SSSR count). The minimum absolute atomic E-state index is 0.0940. The van der Waals surface area contributed by atoms with E-state index in [1.54, 1.807) is 0 Å². The molecular weight excluding hydrogens is 215 g/mol. The summed E-state index contributed by atoms with van der Waals surface area (Å²) in [6.07, 6.45) is -0.377. The van der Waals surface area contributed by atoms with Crippen molar-refractivity contribution in [1.82, 2.24) is 0 Å². The van der Waals surface area contributed by atoms with Crippen molar-refractivity contribution in [2.24, 2.45) is 0 Å². The topological polar surface area (TPSA) is 52.6 Å². The lowest BCUT2D eigenvalue weighted by Crippen LogP contribution is -2.25. The number of methoxy groups -OCH3 is 1. The third-order valence-corrected chi connectivity index (χ3v) is 1.93. The predicted molar refractivity (Wildman–Crippen MR) is 53.9 cm³/mol. The summed E-state index contributed by atoms with van der Waals surface area (Å²) in [5.41, 5.74) is 0.204. The van der Waals surface area contributed by atoms with Gasteiger partial charge in [0.1, 0.15) is 6.29 Å². The second kappa shape index (κ2) is 5.25. The number of carbonyl (C=O) groups is 2. The van der Waals surface area contributed by atoms with E-state index in [-0.39, 0.29) is 11.3 Å². The third-order valence-electron chi connectivity index (χ3n) is 1.93. The van der Waals surface area contributed by atoms with Crippen LogP contribution in [0, 0.1) is 5.82 Å². The van der Waals surface area contributed by atoms with Gasteiger partial charge in [-0.25, -0.2) is 9.18 Å². The number of hydrogen-bond donors (Lipinski definition) is 0. The van der Waals surface area contributed by atoms with Crippen LogP contribution in [0.5, 0.6) is 5.75 Å². The van der Waals surface area contributed by atoms with Gasteiger partial charge >= 0.3 is 5.97 Å². The molecule has 4 nitrogen and oxygen atoms in total. The van der Waals surface area contributed by atoms with Crippen LogP contribution in [-0.4, -0.2) is 25.5 Å². The van der Waals surface area contributed by atoms with Gasteiger partial charge in [-0.05, 0) is 25.1 Å². The van der Waals surface area contributed by atoms with Gasteiger partial charge in [0.25, 0.3) is 0 Å². The number of carbonyl (C=O) groups excluding carboxylic acids is 2. The van der Waals surface area contributed by atoms with Crippen LogP contribution in [0.15, 0.2) is 18.2 Å². The quantitative estimate of drug-likeness (QED) is 0.577. The zero-order chi connectivity index (χ0) is 12.1. The van der Waals surface area contributed by atoms with E-state index >= 15 is 0 Å². The molecule has 0 spiro atoms. The van der Waals surface area contributed by atoms with Gasteiger partial charge in [0.2, 0.25) is 0 Å². The summed E-state index contributed by atoms with van der Waals surface area (Å²) in [7, 11) is 1.22. The first kappa shape index (κ1) is 12.2. The lowest BCUT2D eigenvalue weighted by Gasteiger charge is -2.12. The molecule has 0 saturated carbocycles. The Kier molecular flexibility index (Phi) is 3.99. The molecule has 1 aromatic rings. The monoisotopic (exact) mass is 226 g/mol. The molecule has 1 aromatic carbocycles. The summed E-state index contributed by atoms with van der Waals surface area (Å²) >= 11 is 0. The average molecular weight is 226 g/mol. The molecule has 0 aliphatic rings. The number of benzene rings is 1. The molecule has 0 bridgehead atoms. The zero-order valence-electron chi connectivity index (χ0n) is 8.90. The normalized spacial score (nSPS) is 11.7. The Morgan fingerprint density at radius 3 is 2.69 bits per heavy atom. The van der Waals surface area contributed by atoms with Gasteiger partial charge in [-0.1, -0.05) is 0 Å². The van der Waals surface area contributed by atoms with Gasteiger partial charge in [-0.2, -0.15) is 0 Å². The fourth-order valence-electron chi connectivity index (χ4n) is 1.09. The maximum Gasteiger partial charge on any atom is 0.346 e. The largest absolute Gasteiger partial charge is 0.476 e. The summed E-state index contributed by atoms with van der Waals surface area (Å²) in [5, 5.41) is 0. The highest BCUT2D eigenvalue weighted by Crippen LogP contribution is 2.19. The summed E-state index contributed by atoms with van der Waals surface area (Å²) in [6.45, 7) is 1.44. The molecular formula is C11H11FO4. The van der Waals surface area contributed by atoms with E-state index in [4.69, 9.17) is 4.74 Å². The van der Waals surface area contributed by atoms with Crippen molar-refractivity contribution >= 4 is 12.3 Å². The molecule has 0 amide bonds. The maximum atomic E-state index is 13.3. The fourth-order valence-corrected chi connectivity index (χ4v) is 1.09. The molecule has 0 aromatic heterocycles. The first-order valence-electron chi connectivity index (χ1n) is 4.57. The Morgan fingerprint density at radius 1 is 1.50 bits per heavy atom. The molecule has 0 heterocycles. The van der Waals surface area contributed by atoms with Crippen LogP contribution in [0.1, 0.15) is 17.3 Å². The number of esters is 1. The summed E-state index contributed by atoms with van der Waals surface area (Å²) in [4.78, 5) is 21.4. The number of hydrogen-bond acceptors (Lipinski definition) is 4. The van der Waals surface area contributed by atoms with Crippen LogP contribution in [0.4, 0.5) is 4.39 Å². The minimum Gasteiger partial charge on any atom is -0.476 e. The van der Waals surface area contributed by atoms with E-state index in [0.29, 0.717) is 6.29 Å². The lowest BCUT2D eigenvalue weighted by atomic mass is 10.2. The second-order valence-electron chi connectivity index (χ2n) is 3.09. The van der Waals surface area contributed by atoms with Crippen molar-refractivity contribution in [2.75, 3.05) is 7.11 Å². The Labute approximate surface area is 92.0 Å². The van der Waals surface area contributed by atoms with E-state index in [1.807, 2.05) is 0 Å². The van der Waals surface area contributed by atoms with E-state index in [0.717, 1.165) is 6.07 Å². The van der Waals surface area contributed by atoms with Crippen LogP contribution >= 0.6 is 0 Å².